The second-order valence-electron chi connectivity index (χ2n) is 5.05. The number of hydrogen-bond donors (Lipinski definition) is 0. The van der Waals surface area contributed by atoms with Crippen molar-refractivity contribution in [2.45, 2.75) is 9.46 Å². The lowest BCUT2D eigenvalue weighted by atomic mass is 10.1. The van der Waals surface area contributed by atoms with Gasteiger partial charge in [0.1, 0.15) is 9.46 Å². The zero-order chi connectivity index (χ0) is 18.0. The number of hydrogen-bond acceptors (Lipinski definition) is 5. The van der Waals surface area contributed by atoms with Gasteiger partial charge >= 0.3 is 0 Å². The summed E-state index contributed by atoms with van der Waals surface area (Å²) in [6, 6.07) is 12.1. The molecule has 1 atom stereocenters. The largest absolute Gasteiger partial charge is 0.294 e. The lowest BCUT2D eigenvalue weighted by molar-refractivity contribution is -0.125. The van der Waals surface area contributed by atoms with Crippen molar-refractivity contribution < 1.29 is 13.2 Å². The van der Waals surface area contributed by atoms with Gasteiger partial charge in [0.2, 0.25) is 5.91 Å². The molecule has 0 saturated carbocycles. The van der Waals surface area contributed by atoms with Gasteiger partial charge in [-0.3, -0.25) is 9.69 Å². The summed E-state index contributed by atoms with van der Waals surface area (Å²) in [5.74, 6) is -0.214. The number of carbonyl (C=O) groups is 1. The SMILES string of the molecule is C=CCN1C(=O)[C@@H](c2ccccc2)SC1=NS(=O)(=O)c1ccc(Cl)s1. The molecule has 0 bridgehead atoms. The Kier molecular flexibility index (Phi) is 5.33. The zero-order valence-corrected chi connectivity index (χ0v) is 16.0. The van der Waals surface area contributed by atoms with Gasteiger partial charge in [-0.25, -0.2) is 0 Å². The standard InChI is InChI=1S/C16H13ClN2O3S3/c1-2-10-19-15(20)14(11-6-4-3-5-7-11)24-16(19)18-25(21,22)13-9-8-12(17)23-13/h2-9,14H,1,10H2/t14-/m1/s1. The van der Waals surface area contributed by atoms with Crippen molar-refractivity contribution in [1.82, 2.24) is 4.90 Å². The summed E-state index contributed by atoms with van der Waals surface area (Å²) >= 11 is 7.86. The van der Waals surface area contributed by atoms with Crippen LogP contribution >= 0.6 is 34.7 Å². The van der Waals surface area contributed by atoms with Crippen LogP contribution < -0.4 is 0 Å². The Balaban J connectivity index is 1.99. The third-order valence-electron chi connectivity index (χ3n) is 3.36. The predicted molar refractivity (Wildman–Crippen MR) is 103 cm³/mol. The van der Waals surface area contributed by atoms with E-state index in [4.69, 9.17) is 11.6 Å². The van der Waals surface area contributed by atoms with Crippen LogP contribution in [0.25, 0.3) is 0 Å². The normalized spacial score (nSPS) is 19.6. The van der Waals surface area contributed by atoms with E-state index in [0.29, 0.717) is 4.34 Å². The van der Waals surface area contributed by atoms with Gasteiger partial charge in [-0.05, 0) is 17.7 Å². The van der Waals surface area contributed by atoms with Gasteiger partial charge in [0, 0.05) is 6.54 Å². The van der Waals surface area contributed by atoms with Crippen molar-refractivity contribution in [3.63, 3.8) is 0 Å². The van der Waals surface area contributed by atoms with Crippen LogP contribution in [-0.4, -0.2) is 30.9 Å². The third kappa shape index (κ3) is 3.82. The summed E-state index contributed by atoms with van der Waals surface area (Å²) in [7, 11) is -3.93. The molecule has 0 N–H and O–H groups in total. The van der Waals surface area contributed by atoms with Crippen molar-refractivity contribution in [3.05, 3.63) is 65.0 Å². The molecule has 9 heteroatoms. The Labute approximate surface area is 159 Å². The van der Waals surface area contributed by atoms with E-state index in [0.717, 1.165) is 28.7 Å². The second-order valence-corrected chi connectivity index (χ2v) is 9.67. The first kappa shape index (κ1) is 18.2. The van der Waals surface area contributed by atoms with E-state index in [1.165, 1.54) is 23.1 Å². The molecule has 130 valence electrons. The van der Waals surface area contributed by atoms with E-state index >= 15 is 0 Å². The van der Waals surface area contributed by atoms with Crippen LogP contribution in [0.2, 0.25) is 4.34 Å². The molecule has 2 heterocycles. The summed E-state index contributed by atoms with van der Waals surface area (Å²) in [6.07, 6.45) is 1.54. The highest BCUT2D eigenvalue weighted by Crippen LogP contribution is 2.40. The number of nitrogens with zero attached hydrogens (tertiary/aromatic N) is 2. The summed E-state index contributed by atoms with van der Waals surface area (Å²) < 4.78 is 29.3. The second kappa shape index (κ2) is 7.33. The molecule has 1 saturated heterocycles. The van der Waals surface area contributed by atoms with Gasteiger partial charge in [0.05, 0.1) is 4.34 Å². The van der Waals surface area contributed by atoms with Crippen molar-refractivity contribution >= 4 is 55.8 Å². The van der Waals surface area contributed by atoms with Gasteiger partial charge in [-0.1, -0.05) is 59.8 Å². The molecule has 0 radical (unpaired) electrons. The number of rotatable bonds is 5. The first-order chi connectivity index (χ1) is 11.9. The molecule has 0 aliphatic carbocycles. The summed E-state index contributed by atoms with van der Waals surface area (Å²) in [4.78, 5) is 14.0. The number of thioether (sulfide) groups is 1. The number of benzene rings is 1. The van der Waals surface area contributed by atoms with E-state index in [1.807, 2.05) is 30.3 Å². The van der Waals surface area contributed by atoms with Crippen LogP contribution in [0.15, 0.2) is 63.7 Å². The van der Waals surface area contributed by atoms with Crippen molar-refractivity contribution in [2.75, 3.05) is 6.54 Å². The molecule has 3 rings (SSSR count). The van der Waals surface area contributed by atoms with Crippen molar-refractivity contribution in [1.29, 1.82) is 0 Å². The van der Waals surface area contributed by atoms with Gasteiger partial charge in [-0.15, -0.1) is 22.3 Å². The fourth-order valence-electron chi connectivity index (χ4n) is 2.25. The van der Waals surface area contributed by atoms with Crippen LogP contribution in [-0.2, 0) is 14.8 Å². The maximum atomic E-state index is 12.7. The number of carbonyl (C=O) groups excluding carboxylic acids is 1. The molecule has 1 aliphatic rings. The van der Waals surface area contributed by atoms with Crippen LogP contribution in [0.5, 0.6) is 0 Å². The van der Waals surface area contributed by atoms with E-state index in [9.17, 15) is 13.2 Å². The molecule has 1 aromatic heterocycles. The summed E-state index contributed by atoms with van der Waals surface area (Å²) in [5.41, 5.74) is 0.799. The number of amides is 1. The highest BCUT2D eigenvalue weighted by molar-refractivity contribution is 8.15. The maximum Gasteiger partial charge on any atom is 0.294 e. The maximum absolute atomic E-state index is 12.7. The lowest BCUT2D eigenvalue weighted by Crippen LogP contribution is -2.30. The van der Waals surface area contributed by atoms with Gasteiger partial charge in [0.15, 0.2) is 5.17 Å². The molecular weight excluding hydrogens is 400 g/mol. The Hall–Kier alpha value is -1.61. The lowest BCUT2D eigenvalue weighted by Gasteiger charge is -2.13. The minimum absolute atomic E-state index is 0.0414. The first-order valence-electron chi connectivity index (χ1n) is 7.16. The first-order valence-corrected chi connectivity index (χ1v) is 10.7. The van der Waals surface area contributed by atoms with Crippen molar-refractivity contribution in [3.8, 4) is 0 Å². The Morgan fingerprint density at radius 2 is 1.96 bits per heavy atom. The topological polar surface area (TPSA) is 66.8 Å². The molecule has 1 aromatic carbocycles. The average molecular weight is 413 g/mol. The molecule has 1 fully saturated rings. The van der Waals surface area contributed by atoms with Gasteiger partial charge < -0.3 is 0 Å². The minimum Gasteiger partial charge on any atom is -0.285 e. The zero-order valence-electron chi connectivity index (χ0n) is 12.8. The number of amidine groups is 1. The Morgan fingerprint density at radius 3 is 2.56 bits per heavy atom. The highest BCUT2D eigenvalue weighted by Gasteiger charge is 2.39. The van der Waals surface area contributed by atoms with E-state index < -0.39 is 15.3 Å². The number of halogens is 1. The van der Waals surface area contributed by atoms with Gasteiger partial charge in [-0.2, -0.15) is 8.42 Å². The molecule has 2 aromatic rings. The van der Waals surface area contributed by atoms with E-state index in [2.05, 4.69) is 11.0 Å². The number of thiophene rings is 1. The van der Waals surface area contributed by atoms with Crippen LogP contribution in [0.4, 0.5) is 0 Å². The summed E-state index contributed by atoms with van der Waals surface area (Å²) in [5, 5.41) is -0.384. The average Bonchev–Trinajstić information content (AvgIpc) is 3.15. The summed E-state index contributed by atoms with van der Waals surface area (Å²) in [6.45, 7) is 3.82. The quantitative estimate of drug-likeness (QED) is 0.697. The van der Waals surface area contributed by atoms with Crippen LogP contribution in [0, 0.1) is 0 Å². The minimum atomic E-state index is -3.93. The fourth-order valence-corrected chi connectivity index (χ4v) is 6.09. The molecule has 1 aliphatic heterocycles. The molecule has 1 amide bonds. The monoisotopic (exact) mass is 412 g/mol. The third-order valence-corrected chi connectivity index (χ3v) is 7.67. The Morgan fingerprint density at radius 1 is 1.24 bits per heavy atom. The van der Waals surface area contributed by atoms with Crippen LogP contribution in [0.3, 0.4) is 0 Å². The molecule has 25 heavy (non-hydrogen) atoms. The molecule has 0 unspecified atom stereocenters. The van der Waals surface area contributed by atoms with Gasteiger partial charge in [0.25, 0.3) is 10.0 Å². The Bertz CT molecular complexity index is 939. The predicted octanol–water partition coefficient (Wildman–Crippen LogP) is 3.95. The van der Waals surface area contributed by atoms with E-state index in [-0.39, 0.29) is 21.8 Å². The van der Waals surface area contributed by atoms with E-state index in [1.54, 1.807) is 0 Å². The molecule has 5 nitrogen and oxygen atoms in total. The van der Waals surface area contributed by atoms with Crippen molar-refractivity contribution in [2.24, 2.45) is 4.40 Å². The van der Waals surface area contributed by atoms with Crippen LogP contribution in [0.1, 0.15) is 10.8 Å². The smallest absolute Gasteiger partial charge is 0.285 e. The molecular formula is C16H13ClN2O3S3. The fraction of sp³-hybridized carbons (Fsp3) is 0.125. The molecule has 0 spiro atoms. The highest BCUT2D eigenvalue weighted by atomic mass is 35.5. The number of sulfonamides is 1.